The monoisotopic (exact) mass is 492 g/mol. The predicted molar refractivity (Wildman–Crippen MR) is 149 cm³/mol. The summed E-state index contributed by atoms with van der Waals surface area (Å²) >= 11 is 0. The van der Waals surface area contributed by atoms with Crippen LogP contribution in [0, 0.1) is 5.92 Å². The van der Waals surface area contributed by atoms with Crippen molar-refractivity contribution in [3.05, 3.63) is 107 Å². The third-order valence-corrected chi connectivity index (χ3v) is 6.55. The summed E-state index contributed by atoms with van der Waals surface area (Å²) in [6.07, 6.45) is 2.42. The molecule has 0 atom stereocenters. The quantitative estimate of drug-likeness (QED) is 0.247. The first-order chi connectivity index (χ1) is 17.8. The van der Waals surface area contributed by atoms with Gasteiger partial charge in [0.05, 0.1) is 11.1 Å². The van der Waals surface area contributed by atoms with Crippen molar-refractivity contribution in [1.29, 1.82) is 0 Å². The van der Waals surface area contributed by atoms with Gasteiger partial charge in [0.2, 0.25) is 0 Å². The van der Waals surface area contributed by atoms with Crippen molar-refractivity contribution in [2.45, 2.75) is 40.0 Å². The Morgan fingerprint density at radius 3 is 1.70 bits per heavy atom. The summed E-state index contributed by atoms with van der Waals surface area (Å²) in [5.74, 6) is -1.65. The Bertz CT molecular complexity index is 1430. The molecule has 2 N–H and O–H groups in total. The van der Waals surface area contributed by atoms with E-state index in [0.29, 0.717) is 17.0 Å². The standard InChI is InChI=1S/C33H32O4/c1-4-12-23-20-24(19-21(2)3)29(22-13-6-5-7-14-22)31(26-16-9-11-18-28(26)33(36)37)30(23)25-15-8-10-17-27(25)32(34)35/h5-11,13-18,20-21H,4,12,19H2,1-3H3,(H,34,35)(H,36,37). The number of carboxylic acid groups (broad SMARTS) is 2. The Hall–Kier alpha value is -4.18. The molecule has 4 heteroatoms. The maximum atomic E-state index is 12.4. The van der Waals surface area contributed by atoms with E-state index in [-0.39, 0.29) is 11.1 Å². The minimum atomic E-state index is -1.02. The Morgan fingerprint density at radius 2 is 1.19 bits per heavy atom. The van der Waals surface area contributed by atoms with Crippen molar-refractivity contribution in [1.82, 2.24) is 0 Å². The van der Waals surface area contributed by atoms with Crippen molar-refractivity contribution < 1.29 is 19.8 Å². The molecule has 0 aliphatic heterocycles. The topological polar surface area (TPSA) is 74.6 Å². The highest BCUT2D eigenvalue weighted by molar-refractivity contribution is 6.07. The van der Waals surface area contributed by atoms with Gasteiger partial charge in [-0.1, -0.05) is 100.0 Å². The van der Waals surface area contributed by atoms with Crippen LogP contribution in [-0.2, 0) is 12.8 Å². The molecule has 0 saturated heterocycles. The number of aryl methyl sites for hydroxylation is 1. The van der Waals surface area contributed by atoms with Gasteiger partial charge in [0.1, 0.15) is 0 Å². The molecule has 0 heterocycles. The molecule has 0 aliphatic carbocycles. The van der Waals surface area contributed by atoms with Gasteiger partial charge in [-0.2, -0.15) is 0 Å². The number of hydrogen-bond donors (Lipinski definition) is 2. The minimum Gasteiger partial charge on any atom is -0.478 e. The molecule has 0 aliphatic rings. The lowest BCUT2D eigenvalue weighted by Gasteiger charge is -2.26. The van der Waals surface area contributed by atoms with E-state index < -0.39 is 11.9 Å². The molecular weight excluding hydrogens is 460 g/mol. The number of carbonyl (C=O) groups is 2. The molecule has 0 fully saturated rings. The third kappa shape index (κ3) is 5.34. The van der Waals surface area contributed by atoms with Crippen LogP contribution in [0.2, 0.25) is 0 Å². The summed E-state index contributed by atoms with van der Waals surface area (Å²) in [4.78, 5) is 24.8. The van der Waals surface area contributed by atoms with Crippen LogP contribution in [-0.4, -0.2) is 22.2 Å². The predicted octanol–water partition coefficient (Wildman–Crippen LogP) is 8.24. The van der Waals surface area contributed by atoms with Crippen LogP contribution in [0.25, 0.3) is 33.4 Å². The minimum absolute atomic E-state index is 0.192. The number of benzene rings is 4. The van der Waals surface area contributed by atoms with Crippen LogP contribution in [0.1, 0.15) is 59.0 Å². The summed E-state index contributed by atoms with van der Waals surface area (Å²) < 4.78 is 0. The van der Waals surface area contributed by atoms with E-state index in [0.717, 1.165) is 52.6 Å². The highest BCUT2D eigenvalue weighted by Gasteiger charge is 2.26. The lowest BCUT2D eigenvalue weighted by molar-refractivity contribution is 0.0686. The van der Waals surface area contributed by atoms with E-state index in [2.05, 4.69) is 26.8 Å². The highest BCUT2D eigenvalue weighted by atomic mass is 16.4. The van der Waals surface area contributed by atoms with Gasteiger partial charge in [-0.05, 0) is 75.4 Å². The van der Waals surface area contributed by atoms with Gasteiger partial charge < -0.3 is 10.2 Å². The van der Waals surface area contributed by atoms with Gasteiger partial charge in [0, 0.05) is 0 Å². The van der Waals surface area contributed by atoms with Crippen molar-refractivity contribution in [3.63, 3.8) is 0 Å². The fourth-order valence-electron chi connectivity index (χ4n) is 5.15. The molecule has 37 heavy (non-hydrogen) atoms. The molecule has 0 radical (unpaired) electrons. The summed E-state index contributed by atoms with van der Waals surface area (Å²) in [7, 11) is 0. The molecule has 4 aromatic rings. The first kappa shape index (κ1) is 25.9. The molecule has 0 amide bonds. The van der Waals surface area contributed by atoms with Crippen LogP contribution < -0.4 is 0 Å². The van der Waals surface area contributed by atoms with Gasteiger partial charge in [-0.25, -0.2) is 9.59 Å². The highest BCUT2D eigenvalue weighted by Crippen LogP contribution is 2.47. The Balaban J connectivity index is 2.29. The molecule has 188 valence electrons. The van der Waals surface area contributed by atoms with Crippen LogP contribution in [0.15, 0.2) is 84.9 Å². The fraction of sp³-hybridized carbons (Fsp3) is 0.212. The summed E-state index contributed by atoms with van der Waals surface area (Å²) in [6, 6.07) is 26.3. The maximum absolute atomic E-state index is 12.4. The Morgan fingerprint density at radius 1 is 0.676 bits per heavy atom. The van der Waals surface area contributed by atoms with E-state index in [4.69, 9.17) is 0 Å². The smallest absolute Gasteiger partial charge is 0.336 e. The molecule has 0 aromatic heterocycles. The van der Waals surface area contributed by atoms with Crippen molar-refractivity contribution >= 4 is 11.9 Å². The van der Waals surface area contributed by atoms with Crippen molar-refractivity contribution in [2.75, 3.05) is 0 Å². The summed E-state index contributed by atoms with van der Waals surface area (Å²) in [6.45, 7) is 6.45. The van der Waals surface area contributed by atoms with E-state index in [1.165, 1.54) is 0 Å². The maximum Gasteiger partial charge on any atom is 0.336 e. The lowest BCUT2D eigenvalue weighted by atomic mass is 9.77. The van der Waals surface area contributed by atoms with Gasteiger partial charge in [0.25, 0.3) is 0 Å². The van der Waals surface area contributed by atoms with E-state index in [9.17, 15) is 19.8 Å². The molecule has 4 aromatic carbocycles. The average molecular weight is 493 g/mol. The van der Waals surface area contributed by atoms with Crippen molar-refractivity contribution in [2.24, 2.45) is 5.92 Å². The van der Waals surface area contributed by atoms with E-state index in [1.54, 1.807) is 24.3 Å². The van der Waals surface area contributed by atoms with Crippen LogP contribution >= 0.6 is 0 Å². The van der Waals surface area contributed by atoms with Gasteiger partial charge in [-0.3, -0.25) is 0 Å². The number of carboxylic acids is 2. The number of hydrogen-bond acceptors (Lipinski definition) is 2. The molecule has 4 rings (SSSR count). The Labute approximate surface area is 218 Å². The second-order valence-corrected chi connectivity index (χ2v) is 9.74. The Kier molecular flexibility index (Phi) is 7.88. The second kappa shape index (κ2) is 11.3. The molecule has 0 saturated carbocycles. The number of rotatable bonds is 9. The average Bonchev–Trinajstić information content (AvgIpc) is 2.88. The van der Waals surface area contributed by atoms with Gasteiger partial charge in [-0.15, -0.1) is 0 Å². The number of aromatic carboxylic acids is 2. The first-order valence-corrected chi connectivity index (χ1v) is 12.7. The second-order valence-electron chi connectivity index (χ2n) is 9.74. The molecule has 0 unspecified atom stereocenters. The van der Waals surface area contributed by atoms with Gasteiger partial charge in [0.15, 0.2) is 0 Å². The van der Waals surface area contributed by atoms with E-state index in [1.807, 2.05) is 54.6 Å². The summed E-state index contributed by atoms with van der Waals surface area (Å²) in [5.41, 5.74) is 7.25. The zero-order valence-corrected chi connectivity index (χ0v) is 21.5. The van der Waals surface area contributed by atoms with E-state index >= 15 is 0 Å². The third-order valence-electron chi connectivity index (χ3n) is 6.55. The van der Waals surface area contributed by atoms with Crippen LogP contribution in [0.5, 0.6) is 0 Å². The zero-order chi connectivity index (χ0) is 26.5. The fourth-order valence-corrected chi connectivity index (χ4v) is 5.15. The van der Waals surface area contributed by atoms with Crippen molar-refractivity contribution in [3.8, 4) is 33.4 Å². The normalized spacial score (nSPS) is 11.0. The molecule has 0 spiro atoms. The molecular formula is C33H32O4. The SMILES string of the molecule is CCCc1cc(CC(C)C)c(-c2ccccc2)c(-c2ccccc2C(=O)O)c1-c1ccccc1C(=O)O. The largest absolute Gasteiger partial charge is 0.478 e. The van der Waals surface area contributed by atoms with Crippen LogP contribution in [0.3, 0.4) is 0 Å². The summed E-state index contributed by atoms with van der Waals surface area (Å²) in [5, 5.41) is 20.3. The van der Waals surface area contributed by atoms with Crippen LogP contribution in [0.4, 0.5) is 0 Å². The van der Waals surface area contributed by atoms with Gasteiger partial charge >= 0.3 is 11.9 Å². The molecule has 4 nitrogen and oxygen atoms in total. The lowest BCUT2D eigenvalue weighted by Crippen LogP contribution is -2.08. The zero-order valence-electron chi connectivity index (χ0n) is 21.5. The molecule has 0 bridgehead atoms. The first-order valence-electron chi connectivity index (χ1n) is 12.7.